The topological polar surface area (TPSA) is 65.2 Å². The van der Waals surface area contributed by atoms with E-state index in [-0.39, 0.29) is 17.8 Å². The van der Waals surface area contributed by atoms with Crippen LogP contribution in [-0.4, -0.2) is 18.1 Å². The van der Waals surface area contributed by atoms with E-state index in [1.54, 1.807) is 0 Å². The molecule has 0 aliphatic carbocycles. The van der Waals surface area contributed by atoms with Gasteiger partial charge in [-0.2, -0.15) is 0 Å². The van der Waals surface area contributed by atoms with Crippen LogP contribution in [0.15, 0.2) is 12.1 Å². The smallest absolute Gasteiger partial charge is 0.310 e. The third-order valence-electron chi connectivity index (χ3n) is 1.80. The summed E-state index contributed by atoms with van der Waals surface area (Å²) in [5.74, 6) is -0.595. The number of carbonyl (C=O) groups is 1. The first-order valence-corrected chi connectivity index (χ1v) is 4.15. The molecule has 0 unspecified atom stereocenters. The lowest BCUT2D eigenvalue weighted by Crippen LogP contribution is -2.09. The first-order valence-electron chi connectivity index (χ1n) is 4.15. The number of methoxy groups -OCH3 is 1. The number of halogens is 2. The normalized spacial score (nSPS) is 10.4. The molecule has 0 atom stereocenters. The Bertz CT molecular complexity index is 369. The van der Waals surface area contributed by atoms with Gasteiger partial charge in [0.2, 0.25) is 0 Å². The number of anilines is 1. The van der Waals surface area contributed by atoms with Crippen molar-refractivity contribution in [2.45, 2.75) is 12.8 Å². The van der Waals surface area contributed by atoms with Crippen molar-refractivity contribution in [1.29, 1.82) is 0 Å². The molecule has 0 amide bonds. The van der Waals surface area contributed by atoms with E-state index in [4.69, 9.17) is 5.73 Å². The highest BCUT2D eigenvalue weighted by Crippen LogP contribution is 2.22. The predicted octanol–water partition coefficient (Wildman–Crippen LogP) is 1.32. The molecule has 0 radical (unpaired) electrons. The van der Waals surface area contributed by atoms with Gasteiger partial charge >= 0.3 is 5.97 Å². The van der Waals surface area contributed by atoms with E-state index in [0.717, 1.165) is 0 Å². The van der Waals surface area contributed by atoms with Crippen LogP contribution < -0.4 is 5.73 Å². The molecule has 0 saturated carbocycles. The number of ether oxygens (including phenoxy) is 1. The van der Waals surface area contributed by atoms with E-state index in [1.807, 2.05) is 0 Å². The molecule has 2 N–H and O–H groups in total. The van der Waals surface area contributed by atoms with E-state index in [2.05, 4.69) is 9.72 Å². The maximum atomic E-state index is 12.5. The third kappa shape index (κ3) is 2.87. The van der Waals surface area contributed by atoms with Crippen LogP contribution in [-0.2, 0) is 16.0 Å². The first kappa shape index (κ1) is 11.4. The van der Waals surface area contributed by atoms with Crippen molar-refractivity contribution >= 4 is 11.8 Å². The van der Waals surface area contributed by atoms with Crippen LogP contribution in [0.1, 0.15) is 17.7 Å². The van der Waals surface area contributed by atoms with Gasteiger partial charge < -0.3 is 10.5 Å². The Labute approximate surface area is 85.1 Å². The van der Waals surface area contributed by atoms with Crippen LogP contribution in [0.5, 0.6) is 0 Å². The van der Waals surface area contributed by atoms with Crippen molar-refractivity contribution in [2.24, 2.45) is 0 Å². The van der Waals surface area contributed by atoms with Gasteiger partial charge in [0, 0.05) is 0 Å². The quantitative estimate of drug-likeness (QED) is 0.774. The molecule has 0 spiro atoms. The summed E-state index contributed by atoms with van der Waals surface area (Å²) in [7, 11) is 1.19. The highest BCUT2D eigenvalue weighted by Gasteiger charge is 2.17. The number of pyridine rings is 1. The number of alkyl halides is 2. The third-order valence-corrected chi connectivity index (χ3v) is 1.80. The first-order chi connectivity index (χ1) is 7.04. The number of rotatable bonds is 3. The fourth-order valence-electron chi connectivity index (χ4n) is 1.09. The average molecular weight is 216 g/mol. The number of nitrogen functional groups attached to an aromatic ring is 1. The lowest BCUT2D eigenvalue weighted by Gasteiger charge is -2.07. The molecule has 0 aromatic carbocycles. The Morgan fingerprint density at radius 2 is 2.27 bits per heavy atom. The van der Waals surface area contributed by atoms with Gasteiger partial charge in [-0.25, -0.2) is 13.8 Å². The number of aromatic nitrogens is 1. The summed E-state index contributed by atoms with van der Waals surface area (Å²) in [4.78, 5) is 14.4. The maximum Gasteiger partial charge on any atom is 0.310 e. The summed E-state index contributed by atoms with van der Waals surface area (Å²) in [5.41, 5.74) is 4.93. The minimum Gasteiger partial charge on any atom is -0.469 e. The van der Waals surface area contributed by atoms with Crippen molar-refractivity contribution in [3.63, 3.8) is 0 Å². The van der Waals surface area contributed by atoms with Crippen LogP contribution in [0.25, 0.3) is 0 Å². The monoisotopic (exact) mass is 216 g/mol. The Balaban J connectivity index is 3.00. The SMILES string of the molecule is COC(=O)Cc1ccc(N)nc1C(F)F. The van der Waals surface area contributed by atoms with E-state index in [1.165, 1.54) is 19.2 Å². The van der Waals surface area contributed by atoms with Crippen molar-refractivity contribution in [1.82, 2.24) is 4.98 Å². The fourth-order valence-corrected chi connectivity index (χ4v) is 1.09. The summed E-state index contributed by atoms with van der Waals surface area (Å²) < 4.78 is 29.4. The van der Waals surface area contributed by atoms with Crippen molar-refractivity contribution in [3.8, 4) is 0 Å². The van der Waals surface area contributed by atoms with Crippen LogP contribution in [0, 0.1) is 0 Å². The number of esters is 1. The highest BCUT2D eigenvalue weighted by atomic mass is 19.3. The Morgan fingerprint density at radius 1 is 1.60 bits per heavy atom. The summed E-state index contributed by atoms with van der Waals surface area (Å²) in [5, 5.41) is 0. The van der Waals surface area contributed by atoms with Gasteiger partial charge in [-0.3, -0.25) is 4.79 Å². The van der Waals surface area contributed by atoms with Gasteiger partial charge in [0.25, 0.3) is 6.43 Å². The number of nitrogens with zero attached hydrogens (tertiary/aromatic N) is 1. The lowest BCUT2D eigenvalue weighted by molar-refractivity contribution is -0.139. The van der Waals surface area contributed by atoms with E-state index in [9.17, 15) is 13.6 Å². The van der Waals surface area contributed by atoms with Crippen LogP contribution in [0.3, 0.4) is 0 Å². The highest BCUT2D eigenvalue weighted by molar-refractivity contribution is 5.72. The minimum absolute atomic E-state index is 0.00100. The van der Waals surface area contributed by atoms with Gasteiger partial charge in [0.1, 0.15) is 11.5 Å². The molecule has 1 rings (SSSR count). The summed E-state index contributed by atoms with van der Waals surface area (Å²) in [6.07, 6.45) is -2.99. The molecule has 1 heterocycles. The molecular weight excluding hydrogens is 206 g/mol. The van der Waals surface area contributed by atoms with Gasteiger partial charge in [-0.05, 0) is 11.6 Å². The van der Waals surface area contributed by atoms with Crippen molar-refractivity contribution < 1.29 is 18.3 Å². The molecule has 0 aliphatic heterocycles. The number of carbonyl (C=O) groups excluding carboxylic acids is 1. The maximum absolute atomic E-state index is 12.5. The fraction of sp³-hybridized carbons (Fsp3) is 0.333. The van der Waals surface area contributed by atoms with E-state index in [0.29, 0.717) is 0 Å². The molecular formula is C9H10F2N2O2. The lowest BCUT2D eigenvalue weighted by atomic mass is 10.1. The number of nitrogens with two attached hydrogens (primary N) is 1. The zero-order valence-electron chi connectivity index (χ0n) is 8.04. The average Bonchev–Trinajstić information content (AvgIpc) is 2.20. The summed E-state index contributed by atoms with van der Waals surface area (Å²) >= 11 is 0. The van der Waals surface area contributed by atoms with E-state index < -0.39 is 18.1 Å². The second kappa shape index (κ2) is 4.68. The molecule has 6 heteroatoms. The van der Waals surface area contributed by atoms with Crippen LogP contribution in [0.2, 0.25) is 0 Å². The zero-order chi connectivity index (χ0) is 11.4. The standard InChI is InChI=1S/C9H10F2N2O2/c1-15-7(14)4-5-2-3-6(12)13-8(5)9(10)11/h2-3,9H,4H2,1H3,(H2,12,13). The molecule has 0 fully saturated rings. The molecule has 15 heavy (non-hydrogen) atoms. The molecule has 82 valence electrons. The van der Waals surface area contributed by atoms with Gasteiger partial charge in [0.05, 0.1) is 13.5 Å². The summed E-state index contributed by atoms with van der Waals surface area (Å²) in [6, 6.07) is 2.71. The summed E-state index contributed by atoms with van der Waals surface area (Å²) in [6.45, 7) is 0. The van der Waals surface area contributed by atoms with Gasteiger partial charge in [0.15, 0.2) is 0 Å². The van der Waals surface area contributed by atoms with Crippen molar-refractivity contribution in [2.75, 3.05) is 12.8 Å². The second-order valence-corrected chi connectivity index (χ2v) is 2.83. The zero-order valence-corrected chi connectivity index (χ0v) is 8.04. The van der Waals surface area contributed by atoms with Gasteiger partial charge in [-0.1, -0.05) is 6.07 Å². The minimum atomic E-state index is -2.76. The predicted molar refractivity (Wildman–Crippen MR) is 49.3 cm³/mol. The number of hydrogen-bond acceptors (Lipinski definition) is 4. The Morgan fingerprint density at radius 3 is 2.80 bits per heavy atom. The molecule has 0 saturated heterocycles. The Kier molecular flexibility index (Phi) is 3.54. The molecule has 0 bridgehead atoms. The number of hydrogen-bond donors (Lipinski definition) is 1. The van der Waals surface area contributed by atoms with Gasteiger partial charge in [-0.15, -0.1) is 0 Å². The van der Waals surface area contributed by atoms with E-state index >= 15 is 0 Å². The molecule has 0 aliphatic rings. The second-order valence-electron chi connectivity index (χ2n) is 2.83. The molecule has 1 aromatic heterocycles. The largest absolute Gasteiger partial charge is 0.469 e. The molecule has 4 nitrogen and oxygen atoms in total. The Hall–Kier alpha value is -1.72. The van der Waals surface area contributed by atoms with Crippen LogP contribution >= 0.6 is 0 Å². The van der Waals surface area contributed by atoms with Crippen molar-refractivity contribution in [3.05, 3.63) is 23.4 Å². The molecule has 1 aromatic rings. The van der Waals surface area contributed by atoms with Crippen LogP contribution in [0.4, 0.5) is 14.6 Å².